The molecule has 0 fully saturated rings. The fourth-order valence-corrected chi connectivity index (χ4v) is 5.95. The van der Waals surface area contributed by atoms with Gasteiger partial charge in [-0.2, -0.15) is 0 Å². The van der Waals surface area contributed by atoms with E-state index in [4.69, 9.17) is 4.98 Å². The number of fused-ring (bicyclic) bond motifs is 5. The van der Waals surface area contributed by atoms with E-state index < -0.39 is 0 Å². The Kier molecular flexibility index (Phi) is 5.12. The molecular formula is C35H27N5. The van der Waals surface area contributed by atoms with E-state index in [-0.39, 0.29) is 0 Å². The van der Waals surface area contributed by atoms with Gasteiger partial charge in [-0.05, 0) is 72.7 Å². The van der Waals surface area contributed by atoms with Gasteiger partial charge in [-0.1, -0.05) is 66.7 Å². The molecule has 6 aromatic rings. The van der Waals surface area contributed by atoms with Crippen molar-refractivity contribution in [3.05, 3.63) is 133 Å². The zero-order chi connectivity index (χ0) is 26.6. The van der Waals surface area contributed by atoms with Crippen LogP contribution in [0.1, 0.15) is 18.1 Å². The van der Waals surface area contributed by atoms with Gasteiger partial charge in [0.05, 0.1) is 28.1 Å². The first-order chi connectivity index (χ1) is 19.7. The van der Waals surface area contributed by atoms with Gasteiger partial charge in [0.25, 0.3) is 0 Å². The highest BCUT2D eigenvalue weighted by molar-refractivity contribution is 6.10. The van der Waals surface area contributed by atoms with Crippen LogP contribution in [-0.2, 0) is 0 Å². The van der Waals surface area contributed by atoms with Gasteiger partial charge in [-0.15, -0.1) is 0 Å². The Morgan fingerprint density at radius 3 is 2.30 bits per heavy atom. The van der Waals surface area contributed by atoms with Crippen molar-refractivity contribution in [1.29, 1.82) is 0 Å². The monoisotopic (exact) mass is 517 g/mol. The summed E-state index contributed by atoms with van der Waals surface area (Å²) in [5.41, 5.74) is 12.6. The minimum Gasteiger partial charge on any atom is -0.309 e. The minimum absolute atomic E-state index is 0.298. The van der Waals surface area contributed by atoms with Crippen molar-refractivity contribution in [2.75, 3.05) is 9.91 Å². The lowest BCUT2D eigenvalue weighted by atomic mass is 10.1. The van der Waals surface area contributed by atoms with Crippen molar-refractivity contribution < 1.29 is 0 Å². The van der Waals surface area contributed by atoms with Crippen LogP contribution in [0.5, 0.6) is 0 Å². The van der Waals surface area contributed by atoms with Crippen molar-refractivity contribution in [2.45, 2.75) is 13.0 Å². The number of anilines is 4. The second-order valence-corrected chi connectivity index (χ2v) is 10.3. The molecule has 40 heavy (non-hydrogen) atoms. The molecule has 192 valence electrons. The molecule has 0 radical (unpaired) electrons. The maximum absolute atomic E-state index is 4.73. The van der Waals surface area contributed by atoms with E-state index in [1.54, 1.807) is 0 Å². The van der Waals surface area contributed by atoms with Crippen LogP contribution in [0.25, 0.3) is 39.8 Å². The lowest BCUT2D eigenvalue weighted by Crippen LogP contribution is -2.33. The summed E-state index contributed by atoms with van der Waals surface area (Å²) in [4.78, 5) is 7.12. The van der Waals surface area contributed by atoms with Gasteiger partial charge in [-0.25, -0.2) is 10.4 Å². The van der Waals surface area contributed by atoms with Crippen LogP contribution in [0.2, 0.25) is 0 Å². The van der Waals surface area contributed by atoms with Crippen LogP contribution in [0, 0.1) is 0 Å². The summed E-state index contributed by atoms with van der Waals surface area (Å²) in [7, 11) is 0. The molecule has 4 heterocycles. The molecule has 2 aliphatic rings. The standard InChI is InChI=1S/C35H27N5/c1-24-19-21-38(37-24)27-16-15-26-14-13-25-8-2-4-10-31(25)39(33(26)22-27)28-17-18-30-29-9-3-5-11-32(29)40(34(30)23-28)35-12-6-7-20-36-35/h2-24,37H,1H3. The molecule has 0 amide bonds. The molecule has 0 bridgehead atoms. The third kappa shape index (κ3) is 3.56. The summed E-state index contributed by atoms with van der Waals surface area (Å²) in [6.45, 7) is 2.15. The molecule has 0 spiro atoms. The molecule has 4 aromatic carbocycles. The van der Waals surface area contributed by atoms with Crippen molar-refractivity contribution in [1.82, 2.24) is 15.0 Å². The highest BCUT2D eigenvalue weighted by Crippen LogP contribution is 2.45. The highest BCUT2D eigenvalue weighted by Gasteiger charge is 2.23. The van der Waals surface area contributed by atoms with Gasteiger partial charge in [0.1, 0.15) is 5.82 Å². The Morgan fingerprint density at radius 2 is 1.45 bits per heavy atom. The van der Waals surface area contributed by atoms with Crippen LogP contribution < -0.4 is 15.3 Å². The number of nitrogens with one attached hydrogen (secondary N) is 1. The normalized spacial score (nSPS) is 16.0. The zero-order valence-electron chi connectivity index (χ0n) is 22.1. The molecule has 2 aromatic heterocycles. The number of nitrogens with zero attached hydrogens (tertiary/aromatic N) is 4. The van der Waals surface area contributed by atoms with Gasteiger partial charge < -0.3 is 4.90 Å². The number of benzene rings is 4. The Labute approximate surface area is 232 Å². The molecule has 1 N–H and O–H groups in total. The predicted molar refractivity (Wildman–Crippen MR) is 166 cm³/mol. The third-order valence-corrected chi connectivity index (χ3v) is 7.81. The number of para-hydroxylation sites is 2. The van der Waals surface area contributed by atoms with E-state index in [0.29, 0.717) is 6.04 Å². The maximum Gasteiger partial charge on any atom is 0.137 e. The molecule has 1 unspecified atom stereocenters. The number of hydrazine groups is 1. The topological polar surface area (TPSA) is 36.3 Å². The fourth-order valence-electron chi connectivity index (χ4n) is 5.95. The zero-order valence-corrected chi connectivity index (χ0v) is 22.1. The second kappa shape index (κ2) is 8.97. The number of hydrogen-bond donors (Lipinski definition) is 1. The quantitative estimate of drug-likeness (QED) is 0.255. The smallest absolute Gasteiger partial charge is 0.137 e. The molecule has 2 aliphatic heterocycles. The fraction of sp³-hybridized carbons (Fsp3) is 0.0571. The Hall–Kier alpha value is -5.13. The lowest BCUT2D eigenvalue weighted by Gasteiger charge is -2.29. The van der Waals surface area contributed by atoms with Gasteiger partial charge in [-0.3, -0.25) is 9.58 Å². The van der Waals surface area contributed by atoms with Crippen molar-refractivity contribution in [3.8, 4) is 5.82 Å². The summed E-state index contributed by atoms with van der Waals surface area (Å²) in [6.07, 6.45) is 10.6. The van der Waals surface area contributed by atoms with Crippen LogP contribution in [0.15, 0.2) is 122 Å². The molecule has 1 atom stereocenters. The summed E-state index contributed by atoms with van der Waals surface area (Å²) >= 11 is 0. The number of aromatic nitrogens is 2. The summed E-state index contributed by atoms with van der Waals surface area (Å²) in [5.74, 6) is 0.910. The van der Waals surface area contributed by atoms with Gasteiger partial charge in [0.15, 0.2) is 0 Å². The van der Waals surface area contributed by atoms with E-state index in [1.165, 1.54) is 21.9 Å². The van der Waals surface area contributed by atoms with Gasteiger partial charge >= 0.3 is 0 Å². The first-order valence-corrected chi connectivity index (χ1v) is 13.6. The summed E-state index contributed by atoms with van der Waals surface area (Å²) in [5, 5.41) is 4.53. The predicted octanol–water partition coefficient (Wildman–Crippen LogP) is 8.36. The van der Waals surface area contributed by atoms with E-state index in [0.717, 1.165) is 39.6 Å². The van der Waals surface area contributed by atoms with Crippen molar-refractivity contribution in [3.63, 3.8) is 0 Å². The largest absolute Gasteiger partial charge is 0.309 e. The molecule has 0 aliphatic carbocycles. The molecule has 0 saturated carbocycles. The molecule has 5 nitrogen and oxygen atoms in total. The first kappa shape index (κ1) is 22.8. The Bertz CT molecular complexity index is 1970. The molecular weight excluding hydrogens is 490 g/mol. The molecule has 0 saturated heterocycles. The Morgan fingerprint density at radius 1 is 0.675 bits per heavy atom. The SMILES string of the molecule is CC1C=CN(c2ccc3c(c2)N(c2ccc4c5ccccc5n(-c5ccccn5)c4c2)c2ccccc2C=C3)N1. The second-order valence-electron chi connectivity index (χ2n) is 10.3. The van der Waals surface area contributed by atoms with Crippen LogP contribution >= 0.6 is 0 Å². The Balaban J connectivity index is 1.38. The van der Waals surface area contributed by atoms with Crippen LogP contribution in [0.3, 0.4) is 0 Å². The number of rotatable bonds is 3. The number of pyridine rings is 1. The third-order valence-electron chi connectivity index (χ3n) is 7.81. The minimum atomic E-state index is 0.298. The summed E-state index contributed by atoms with van der Waals surface area (Å²) in [6, 6.07) is 37.0. The molecule has 5 heteroatoms. The average molecular weight is 518 g/mol. The van der Waals surface area contributed by atoms with Gasteiger partial charge in [0, 0.05) is 34.9 Å². The van der Waals surface area contributed by atoms with Crippen LogP contribution in [-0.4, -0.2) is 15.6 Å². The van der Waals surface area contributed by atoms with E-state index in [9.17, 15) is 0 Å². The van der Waals surface area contributed by atoms with Crippen molar-refractivity contribution in [2.24, 2.45) is 0 Å². The molecule has 8 rings (SSSR count). The average Bonchev–Trinajstić information content (AvgIpc) is 3.53. The van der Waals surface area contributed by atoms with E-state index in [1.807, 2.05) is 18.3 Å². The number of hydrogen-bond acceptors (Lipinski definition) is 4. The van der Waals surface area contributed by atoms with Crippen molar-refractivity contribution >= 4 is 56.7 Å². The van der Waals surface area contributed by atoms with E-state index >= 15 is 0 Å². The van der Waals surface area contributed by atoms with E-state index in [2.05, 4.69) is 142 Å². The maximum atomic E-state index is 4.73. The van der Waals surface area contributed by atoms with Crippen LogP contribution in [0.4, 0.5) is 22.7 Å². The highest BCUT2D eigenvalue weighted by atomic mass is 15.5. The lowest BCUT2D eigenvalue weighted by molar-refractivity contribution is 0.683. The summed E-state index contributed by atoms with van der Waals surface area (Å²) < 4.78 is 2.27. The van der Waals surface area contributed by atoms with Gasteiger partial charge in [0.2, 0.25) is 0 Å². The first-order valence-electron chi connectivity index (χ1n) is 13.6.